The molecule has 1 heterocycles. The Morgan fingerprint density at radius 1 is 0.950 bits per heavy atom. The first-order valence-electron chi connectivity index (χ1n) is 14.7. The minimum absolute atomic E-state index is 0.0217. The van der Waals surface area contributed by atoms with Gasteiger partial charge in [0.1, 0.15) is 12.3 Å². The summed E-state index contributed by atoms with van der Waals surface area (Å²) in [5, 5.41) is 3.32. The van der Waals surface area contributed by atoms with Gasteiger partial charge in [-0.05, 0) is 61.8 Å². The number of carbonyl (C=O) groups is 3. The molecule has 1 aliphatic carbocycles. The van der Waals surface area contributed by atoms with Crippen molar-refractivity contribution in [2.45, 2.75) is 88.7 Å². The van der Waals surface area contributed by atoms with Crippen molar-refractivity contribution in [2.75, 3.05) is 27.2 Å². The summed E-state index contributed by atoms with van der Waals surface area (Å²) in [5.41, 5.74) is 1.11. The number of esters is 2. The quantitative estimate of drug-likeness (QED) is 0.193. The lowest BCUT2D eigenvalue weighted by atomic mass is 9.54. The fourth-order valence-electron chi connectivity index (χ4n) is 7.04. The van der Waals surface area contributed by atoms with Gasteiger partial charge in [-0.3, -0.25) is 14.4 Å². The van der Waals surface area contributed by atoms with Crippen LogP contribution in [0.1, 0.15) is 76.3 Å². The molecule has 1 amide bonds. The maximum atomic E-state index is 13.0. The highest BCUT2D eigenvalue weighted by Crippen LogP contribution is 2.55. The number of quaternary nitrogens is 1. The number of hydrogen-bond acceptors (Lipinski definition) is 5. The third kappa shape index (κ3) is 7.11. The normalized spacial score (nSPS) is 25.4. The molecule has 0 unspecified atom stereocenters. The van der Waals surface area contributed by atoms with Crippen LogP contribution in [0, 0.1) is 0 Å². The number of unbranched alkanes of at least 4 members (excludes halogenated alkanes) is 2. The lowest BCUT2D eigenvalue weighted by molar-refractivity contribution is -0.904. The van der Waals surface area contributed by atoms with Crippen LogP contribution < -0.4 is 10.1 Å². The zero-order valence-corrected chi connectivity index (χ0v) is 24.5. The molecule has 40 heavy (non-hydrogen) atoms. The van der Waals surface area contributed by atoms with Gasteiger partial charge in [-0.1, -0.05) is 48.9 Å². The smallest absolute Gasteiger partial charge is 0.308 e. The van der Waals surface area contributed by atoms with Crippen molar-refractivity contribution in [1.82, 2.24) is 5.32 Å². The summed E-state index contributed by atoms with van der Waals surface area (Å²) in [6.07, 6.45) is 7.37. The number of nitrogens with zero attached hydrogens (tertiary/aromatic N) is 1. The molecule has 0 aromatic heterocycles. The molecule has 0 radical (unpaired) electrons. The average molecular weight is 550 g/mol. The van der Waals surface area contributed by atoms with Crippen molar-refractivity contribution in [3.8, 4) is 5.75 Å². The highest BCUT2D eigenvalue weighted by atomic mass is 16.6. The lowest BCUT2D eigenvalue weighted by Gasteiger charge is -2.60. The summed E-state index contributed by atoms with van der Waals surface area (Å²) in [6, 6.07) is 18.1. The van der Waals surface area contributed by atoms with Gasteiger partial charge in [0.05, 0.1) is 20.6 Å². The number of amides is 1. The molecule has 216 valence electrons. The Morgan fingerprint density at radius 2 is 1.73 bits per heavy atom. The van der Waals surface area contributed by atoms with Crippen molar-refractivity contribution in [2.24, 2.45) is 0 Å². The lowest BCUT2D eigenvalue weighted by Crippen LogP contribution is -2.71. The predicted molar refractivity (Wildman–Crippen MR) is 155 cm³/mol. The molecule has 1 aliphatic heterocycles. The third-order valence-electron chi connectivity index (χ3n) is 8.76. The van der Waals surface area contributed by atoms with Crippen LogP contribution in [0.5, 0.6) is 5.75 Å². The summed E-state index contributed by atoms with van der Waals surface area (Å²) < 4.78 is 12.5. The second-order valence-corrected chi connectivity index (χ2v) is 12.4. The van der Waals surface area contributed by atoms with Crippen LogP contribution in [0.3, 0.4) is 0 Å². The van der Waals surface area contributed by atoms with E-state index in [1.54, 1.807) is 6.07 Å². The number of likely N-dealkylation sites (N-methyl/N-ethyl adjacent to an activating group) is 1. The SMILES string of the molecule is CC(=O)Oc1cccc([C@@]23CC[N+](C)(C)C[C@@]2(OC(C)=O)CC[C@@H](NC(=O)CCCCCc2ccccc2)C3)c1. The van der Waals surface area contributed by atoms with Crippen LogP contribution in [0.25, 0.3) is 0 Å². The molecule has 7 heteroatoms. The van der Waals surface area contributed by atoms with Gasteiger partial charge in [-0.25, -0.2) is 0 Å². The minimum Gasteiger partial charge on any atom is -0.452 e. The van der Waals surface area contributed by atoms with E-state index < -0.39 is 11.0 Å². The number of likely N-dealkylation sites (tertiary alicyclic amines) is 1. The van der Waals surface area contributed by atoms with Crippen LogP contribution in [-0.2, 0) is 31.0 Å². The summed E-state index contributed by atoms with van der Waals surface area (Å²) >= 11 is 0. The molecule has 2 aromatic rings. The highest BCUT2D eigenvalue weighted by Gasteiger charge is 2.64. The van der Waals surface area contributed by atoms with E-state index in [1.165, 1.54) is 19.4 Å². The number of piperidine rings is 1. The Hall–Kier alpha value is -3.19. The molecule has 2 fully saturated rings. The van der Waals surface area contributed by atoms with E-state index in [2.05, 4.69) is 43.7 Å². The zero-order valence-electron chi connectivity index (χ0n) is 24.5. The molecule has 1 N–H and O–H groups in total. The van der Waals surface area contributed by atoms with E-state index in [0.29, 0.717) is 31.6 Å². The van der Waals surface area contributed by atoms with Crippen LogP contribution in [0.4, 0.5) is 0 Å². The van der Waals surface area contributed by atoms with Crippen molar-refractivity contribution < 1.29 is 28.3 Å². The van der Waals surface area contributed by atoms with E-state index in [-0.39, 0.29) is 23.9 Å². The second-order valence-electron chi connectivity index (χ2n) is 12.4. The molecule has 4 rings (SSSR count). The monoisotopic (exact) mass is 549 g/mol. The third-order valence-corrected chi connectivity index (χ3v) is 8.76. The van der Waals surface area contributed by atoms with Gasteiger partial charge in [0.15, 0.2) is 5.60 Å². The van der Waals surface area contributed by atoms with Crippen LogP contribution in [0.2, 0.25) is 0 Å². The topological polar surface area (TPSA) is 81.7 Å². The Kier molecular flexibility index (Phi) is 9.34. The highest BCUT2D eigenvalue weighted by molar-refractivity contribution is 5.76. The Balaban J connectivity index is 1.49. The van der Waals surface area contributed by atoms with Crippen LogP contribution >= 0.6 is 0 Å². The number of fused-ring (bicyclic) bond motifs is 1. The summed E-state index contributed by atoms with van der Waals surface area (Å²) in [7, 11) is 4.35. The largest absolute Gasteiger partial charge is 0.452 e. The number of aryl methyl sites for hydroxylation is 1. The van der Waals surface area contributed by atoms with Gasteiger partial charge in [0.2, 0.25) is 5.91 Å². The number of carbonyl (C=O) groups excluding carboxylic acids is 3. The Morgan fingerprint density at radius 3 is 2.45 bits per heavy atom. The van der Waals surface area contributed by atoms with E-state index in [9.17, 15) is 14.4 Å². The zero-order chi connectivity index (χ0) is 28.8. The van der Waals surface area contributed by atoms with E-state index in [1.807, 2.05) is 24.3 Å². The molecule has 0 bridgehead atoms. The van der Waals surface area contributed by atoms with E-state index in [0.717, 1.165) is 55.1 Å². The summed E-state index contributed by atoms with van der Waals surface area (Å²) in [5.74, 6) is -0.0992. The van der Waals surface area contributed by atoms with Crippen molar-refractivity contribution in [1.29, 1.82) is 0 Å². The summed E-state index contributed by atoms with van der Waals surface area (Å²) in [4.78, 5) is 37.2. The maximum absolute atomic E-state index is 13.0. The van der Waals surface area contributed by atoms with Gasteiger partial charge in [0, 0.05) is 38.1 Å². The fourth-order valence-corrected chi connectivity index (χ4v) is 7.04. The molecule has 2 aliphatic rings. The first kappa shape index (κ1) is 29.8. The van der Waals surface area contributed by atoms with Crippen LogP contribution in [-0.4, -0.2) is 61.2 Å². The second kappa shape index (κ2) is 12.5. The number of ether oxygens (including phenoxy) is 2. The standard InChI is InChI=1S/C33H44N2O5/c1-25(36)39-30-16-11-15-28(22-30)32-20-21-35(3,4)24-33(32,40-26(2)37)19-18-29(23-32)34-31(38)17-10-6-9-14-27-12-7-5-8-13-27/h5,7-8,11-13,15-16,22,29H,6,9-10,14,17-21,23-24H2,1-4H3/p+1/t29-,32+,33+/m1/s1. The van der Waals surface area contributed by atoms with Crippen molar-refractivity contribution >= 4 is 17.8 Å². The number of hydrogen-bond donors (Lipinski definition) is 1. The Labute approximate surface area is 238 Å². The van der Waals surface area contributed by atoms with Gasteiger partial charge in [0.25, 0.3) is 0 Å². The van der Waals surface area contributed by atoms with Gasteiger partial charge < -0.3 is 19.3 Å². The predicted octanol–water partition coefficient (Wildman–Crippen LogP) is 5.10. The molecule has 3 atom stereocenters. The molecule has 1 saturated heterocycles. The number of nitrogens with one attached hydrogen (secondary N) is 1. The molecular weight excluding hydrogens is 504 g/mol. The van der Waals surface area contributed by atoms with Gasteiger partial charge in [-0.15, -0.1) is 0 Å². The van der Waals surface area contributed by atoms with E-state index >= 15 is 0 Å². The minimum atomic E-state index is -0.714. The van der Waals surface area contributed by atoms with Gasteiger partial charge in [-0.2, -0.15) is 0 Å². The Bertz CT molecular complexity index is 1200. The number of rotatable bonds is 10. The van der Waals surface area contributed by atoms with Gasteiger partial charge >= 0.3 is 11.9 Å². The van der Waals surface area contributed by atoms with E-state index in [4.69, 9.17) is 9.47 Å². The van der Waals surface area contributed by atoms with Crippen molar-refractivity contribution in [3.63, 3.8) is 0 Å². The number of benzene rings is 2. The van der Waals surface area contributed by atoms with Crippen molar-refractivity contribution in [3.05, 3.63) is 65.7 Å². The molecule has 1 saturated carbocycles. The molecule has 0 spiro atoms. The molecule has 2 aromatic carbocycles. The first-order chi connectivity index (χ1) is 19.0. The average Bonchev–Trinajstić information content (AvgIpc) is 2.88. The summed E-state index contributed by atoms with van der Waals surface area (Å²) in [6.45, 7) is 4.47. The maximum Gasteiger partial charge on any atom is 0.308 e. The molecular formula is C33H45N2O5+. The fraction of sp³-hybridized carbons (Fsp3) is 0.545. The van der Waals surface area contributed by atoms with Crippen LogP contribution in [0.15, 0.2) is 54.6 Å². The first-order valence-corrected chi connectivity index (χ1v) is 14.7. The molecule has 7 nitrogen and oxygen atoms in total.